The predicted octanol–water partition coefficient (Wildman–Crippen LogP) is 2.15. The summed E-state index contributed by atoms with van der Waals surface area (Å²) >= 11 is 6.92. The molecule has 1 fully saturated rings. The molecule has 0 bridgehead atoms. The lowest BCUT2D eigenvalue weighted by Gasteiger charge is -2.34. The summed E-state index contributed by atoms with van der Waals surface area (Å²) < 4.78 is 1.83. The van der Waals surface area contributed by atoms with Gasteiger partial charge in [0.15, 0.2) is 0 Å². The maximum absolute atomic E-state index is 9.69. The highest BCUT2D eigenvalue weighted by atomic mass is 79.9. The number of nitrogens with one attached hydrogen (secondary N) is 1. The average molecular weight is 416 g/mol. The topological polar surface area (TPSA) is 61.5 Å². The smallest absolute Gasteiger partial charge is 0.0629 e. The van der Waals surface area contributed by atoms with Gasteiger partial charge < -0.3 is 16.2 Å². The summed E-state index contributed by atoms with van der Waals surface area (Å²) in [4.78, 5) is 2.26. The molecule has 108 valence electrons. The first-order valence-corrected chi connectivity index (χ1v) is 7.52. The fourth-order valence-electron chi connectivity index (χ4n) is 2.28. The Labute approximate surface area is 136 Å². The fraction of sp³-hybridized carbons (Fsp3) is 0.500. The van der Waals surface area contributed by atoms with Crippen LogP contribution in [0, 0.1) is 0 Å². The summed E-state index contributed by atoms with van der Waals surface area (Å²) in [6.07, 6.45) is 0. The van der Waals surface area contributed by atoms with Crippen molar-refractivity contribution in [2.75, 3.05) is 38.5 Å². The summed E-state index contributed by atoms with van der Waals surface area (Å²) in [7, 11) is 0. The first kappa shape index (κ1) is 17.2. The lowest BCUT2D eigenvalue weighted by atomic mass is 10.0. The zero-order valence-corrected chi connectivity index (χ0v) is 14.4. The number of halogens is 3. The van der Waals surface area contributed by atoms with E-state index in [1.54, 1.807) is 0 Å². The standard InChI is InChI=1S/C12H17Br2N3O.ClH/c13-8-5-9(12(15)10(14)6-8)11(7-18)17-3-1-16-2-4-17;/h5-6,11,16,18H,1-4,7,15H2;1H/t11-;/m0./s1. The van der Waals surface area contributed by atoms with Crippen LogP contribution < -0.4 is 11.1 Å². The third-order valence-corrected chi connectivity index (χ3v) is 4.36. The summed E-state index contributed by atoms with van der Waals surface area (Å²) in [5.41, 5.74) is 7.79. The van der Waals surface area contributed by atoms with E-state index in [0.717, 1.165) is 40.7 Å². The number of piperazine rings is 1. The number of benzene rings is 1. The highest BCUT2D eigenvalue weighted by Crippen LogP contribution is 2.34. The van der Waals surface area contributed by atoms with Crippen LogP contribution in [0.1, 0.15) is 11.6 Å². The van der Waals surface area contributed by atoms with Gasteiger partial charge in [-0.15, -0.1) is 12.4 Å². The van der Waals surface area contributed by atoms with Crippen molar-refractivity contribution in [2.24, 2.45) is 0 Å². The van der Waals surface area contributed by atoms with Crippen molar-refractivity contribution in [2.45, 2.75) is 6.04 Å². The molecule has 1 saturated heterocycles. The largest absolute Gasteiger partial charge is 0.398 e. The minimum atomic E-state index is -0.0408. The molecule has 2 rings (SSSR count). The van der Waals surface area contributed by atoms with Gasteiger partial charge in [-0.2, -0.15) is 0 Å². The van der Waals surface area contributed by atoms with Gasteiger partial charge in [-0.3, -0.25) is 4.90 Å². The summed E-state index contributed by atoms with van der Waals surface area (Å²) in [5.74, 6) is 0. The van der Waals surface area contributed by atoms with E-state index in [1.165, 1.54) is 0 Å². The number of anilines is 1. The SMILES string of the molecule is Cl.Nc1c(Br)cc(Br)cc1[C@H](CO)N1CCNCC1. The molecule has 0 unspecified atom stereocenters. The molecule has 7 heteroatoms. The van der Waals surface area contributed by atoms with E-state index >= 15 is 0 Å². The zero-order chi connectivity index (χ0) is 13.1. The molecule has 1 heterocycles. The molecule has 0 radical (unpaired) electrons. The van der Waals surface area contributed by atoms with Gasteiger partial charge in [0.1, 0.15) is 0 Å². The van der Waals surface area contributed by atoms with E-state index in [4.69, 9.17) is 5.73 Å². The quantitative estimate of drug-likeness (QED) is 0.662. The number of hydrogen-bond donors (Lipinski definition) is 3. The third kappa shape index (κ3) is 4.06. The number of hydrogen-bond acceptors (Lipinski definition) is 4. The van der Waals surface area contributed by atoms with Crippen molar-refractivity contribution in [3.05, 3.63) is 26.6 Å². The molecule has 0 amide bonds. The molecule has 0 spiro atoms. The summed E-state index contributed by atoms with van der Waals surface area (Å²) in [6, 6.07) is 3.87. The number of nitrogen functional groups attached to an aromatic ring is 1. The zero-order valence-electron chi connectivity index (χ0n) is 10.4. The Bertz CT molecular complexity index is 428. The Morgan fingerprint density at radius 2 is 1.95 bits per heavy atom. The average Bonchev–Trinajstić information content (AvgIpc) is 2.37. The van der Waals surface area contributed by atoms with Gasteiger partial charge in [0.25, 0.3) is 0 Å². The van der Waals surface area contributed by atoms with E-state index < -0.39 is 0 Å². The van der Waals surface area contributed by atoms with Crippen molar-refractivity contribution in [3.8, 4) is 0 Å². The first-order chi connectivity index (χ1) is 8.63. The van der Waals surface area contributed by atoms with Gasteiger partial charge in [-0.1, -0.05) is 15.9 Å². The van der Waals surface area contributed by atoms with Crippen molar-refractivity contribution in [3.63, 3.8) is 0 Å². The van der Waals surface area contributed by atoms with Crippen LogP contribution in [0.15, 0.2) is 21.1 Å². The Morgan fingerprint density at radius 3 is 2.53 bits per heavy atom. The van der Waals surface area contributed by atoms with Crippen LogP contribution in [0.4, 0.5) is 5.69 Å². The molecule has 4 N–H and O–H groups in total. The molecular formula is C12H18Br2ClN3O. The second-order valence-corrected chi connectivity index (χ2v) is 6.14. The van der Waals surface area contributed by atoms with E-state index in [2.05, 4.69) is 42.1 Å². The molecule has 0 saturated carbocycles. The van der Waals surface area contributed by atoms with Gasteiger partial charge in [-0.25, -0.2) is 0 Å². The Hall–Kier alpha value is 0.150. The van der Waals surface area contributed by atoms with Crippen LogP contribution in [0.3, 0.4) is 0 Å². The van der Waals surface area contributed by atoms with Crippen LogP contribution in [-0.4, -0.2) is 42.8 Å². The van der Waals surface area contributed by atoms with E-state index in [0.29, 0.717) is 5.69 Å². The second kappa shape index (κ2) is 7.81. The van der Waals surface area contributed by atoms with Crippen molar-refractivity contribution >= 4 is 50.0 Å². The lowest BCUT2D eigenvalue weighted by Crippen LogP contribution is -2.46. The van der Waals surface area contributed by atoms with Crippen LogP contribution in [-0.2, 0) is 0 Å². The molecule has 1 aromatic rings. The maximum atomic E-state index is 9.69. The minimum Gasteiger partial charge on any atom is -0.398 e. The summed E-state index contributed by atoms with van der Waals surface area (Å²) in [6.45, 7) is 3.83. The molecule has 1 aromatic carbocycles. The lowest BCUT2D eigenvalue weighted by molar-refractivity contribution is 0.111. The van der Waals surface area contributed by atoms with Crippen molar-refractivity contribution in [1.29, 1.82) is 0 Å². The fourth-order valence-corrected chi connectivity index (χ4v) is 3.54. The van der Waals surface area contributed by atoms with Crippen LogP contribution in [0.5, 0.6) is 0 Å². The van der Waals surface area contributed by atoms with Gasteiger partial charge in [0.05, 0.1) is 18.3 Å². The number of aliphatic hydroxyl groups excluding tert-OH is 1. The highest BCUT2D eigenvalue weighted by molar-refractivity contribution is 9.11. The molecule has 1 aliphatic heterocycles. The monoisotopic (exact) mass is 413 g/mol. The van der Waals surface area contributed by atoms with Gasteiger partial charge in [0, 0.05) is 35.1 Å². The Balaban J connectivity index is 0.00000180. The third-order valence-electron chi connectivity index (χ3n) is 3.25. The van der Waals surface area contributed by atoms with Crippen molar-refractivity contribution in [1.82, 2.24) is 10.2 Å². The highest BCUT2D eigenvalue weighted by Gasteiger charge is 2.24. The van der Waals surface area contributed by atoms with Gasteiger partial charge in [0.2, 0.25) is 0 Å². The normalized spacial score (nSPS) is 17.8. The van der Waals surface area contributed by atoms with Gasteiger partial charge in [-0.05, 0) is 33.6 Å². The van der Waals surface area contributed by atoms with Crippen molar-refractivity contribution < 1.29 is 5.11 Å². The van der Waals surface area contributed by atoms with E-state index in [1.807, 2.05) is 12.1 Å². The molecular weight excluding hydrogens is 397 g/mol. The molecule has 1 atom stereocenters. The predicted molar refractivity (Wildman–Crippen MR) is 87.8 cm³/mol. The van der Waals surface area contributed by atoms with Crippen LogP contribution in [0.25, 0.3) is 0 Å². The number of nitrogens with zero attached hydrogens (tertiary/aromatic N) is 1. The second-order valence-electron chi connectivity index (χ2n) is 4.37. The molecule has 19 heavy (non-hydrogen) atoms. The number of rotatable bonds is 3. The Kier molecular flexibility index (Phi) is 7.07. The molecule has 4 nitrogen and oxygen atoms in total. The molecule has 0 aromatic heterocycles. The van der Waals surface area contributed by atoms with Crippen LogP contribution >= 0.6 is 44.3 Å². The van der Waals surface area contributed by atoms with Gasteiger partial charge >= 0.3 is 0 Å². The number of nitrogens with two attached hydrogens (primary N) is 1. The molecule has 1 aliphatic rings. The number of aliphatic hydroxyl groups is 1. The Morgan fingerprint density at radius 1 is 1.32 bits per heavy atom. The summed E-state index contributed by atoms with van der Waals surface area (Å²) in [5, 5.41) is 13.0. The van der Waals surface area contributed by atoms with E-state index in [9.17, 15) is 5.11 Å². The maximum Gasteiger partial charge on any atom is 0.0629 e. The first-order valence-electron chi connectivity index (χ1n) is 5.93. The van der Waals surface area contributed by atoms with E-state index in [-0.39, 0.29) is 25.1 Å². The minimum absolute atomic E-state index is 0. The van der Waals surface area contributed by atoms with Crippen LogP contribution in [0.2, 0.25) is 0 Å². The molecule has 0 aliphatic carbocycles.